The Morgan fingerprint density at radius 1 is 1.00 bits per heavy atom. The maximum atomic E-state index is 13.6. The first-order valence-electron chi connectivity index (χ1n) is 9.87. The van der Waals surface area contributed by atoms with Crippen molar-refractivity contribution in [2.24, 2.45) is 5.92 Å². The van der Waals surface area contributed by atoms with Gasteiger partial charge < -0.3 is 15.4 Å². The Morgan fingerprint density at radius 2 is 1.63 bits per heavy atom. The number of amides is 1. The van der Waals surface area contributed by atoms with Gasteiger partial charge in [0.05, 0.1) is 6.04 Å². The van der Waals surface area contributed by atoms with Crippen LogP contribution in [0.3, 0.4) is 0 Å². The molecule has 0 radical (unpaired) electrons. The SMILES string of the molecule is C[C@@]12Oc3ccccc3[C@H](NC(=S)N1c1ccccc1)[C@@H]2C(=O)Nc1ccccc1. The summed E-state index contributed by atoms with van der Waals surface area (Å²) in [7, 11) is 0. The van der Waals surface area contributed by atoms with Crippen LogP contribution in [0.15, 0.2) is 84.9 Å². The summed E-state index contributed by atoms with van der Waals surface area (Å²) in [5.41, 5.74) is 1.55. The molecule has 2 N–H and O–H groups in total. The van der Waals surface area contributed by atoms with E-state index in [1.54, 1.807) is 0 Å². The Morgan fingerprint density at radius 3 is 2.37 bits per heavy atom. The van der Waals surface area contributed by atoms with Crippen LogP contribution in [0.5, 0.6) is 5.75 Å². The predicted molar refractivity (Wildman–Crippen MR) is 121 cm³/mol. The number of anilines is 2. The number of hydrogen-bond acceptors (Lipinski definition) is 3. The molecule has 0 saturated carbocycles. The molecule has 1 fully saturated rings. The van der Waals surface area contributed by atoms with Gasteiger partial charge in [0.1, 0.15) is 11.7 Å². The zero-order valence-corrected chi connectivity index (χ0v) is 17.2. The van der Waals surface area contributed by atoms with Gasteiger partial charge in [-0.2, -0.15) is 0 Å². The highest BCUT2D eigenvalue weighted by Crippen LogP contribution is 2.49. The van der Waals surface area contributed by atoms with Crippen LogP contribution in [0.4, 0.5) is 11.4 Å². The minimum atomic E-state index is -0.998. The highest BCUT2D eigenvalue weighted by molar-refractivity contribution is 7.80. The number of nitrogens with zero attached hydrogens (tertiary/aromatic N) is 1. The van der Waals surface area contributed by atoms with Crippen LogP contribution in [-0.4, -0.2) is 16.7 Å². The van der Waals surface area contributed by atoms with Gasteiger partial charge in [0.15, 0.2) is 10.8 Å². The molecule has 5 rings (SSSR count). The summed E-state index contributed by atoms with van der Waals surface area (Å²) < 4.78 is 6.54. The summed E-state index contributed by atoms with van der Waals surface area (Å²) in [4.78, 5) is 15.5. The molecule has 3 aromatic rings. The molecule has 1 saturated heterocycles. The zero-order chi connectivity index (χ0) is 20.7. The number of benzene rings is 3. The van der Waals surface area contributed by atoms with Gasteiger partial charge in [0, 0.05) is 16.9 Å². The van der Waals surface area contributed by atoms with Crippen LogP contribution < -0.4 is 20.3 Å². The van der Waals surface area contributed by atoms with Crippen LogP contribution in [0.25, 0.3) is 0 Å². The van der Waals surface area contributed by atoms with Gasteiger partial charge in [-0.1, -0.05) is 54.6 Å². The summed E-state index contributed by atoms with van der Waals surface area (Å²) in [5.74, 6) is 0.0864. The third-order valence-corrected chi connectivity index (χ3v) is 6.05. The molecular weight excluding hydrogens is 394 g/mol. The van der Waals surface area contributed by atoms with Crippen LogP contribution in [0.1, 0.15) is 18.5 Å². The van der Waals surface area contributed by atoms with E-state index in [9.17, 15) is 4.79 Å². The number of ether oxygens (including phenoxy) is 1. The van der Waals surface area contributed by atoms with Gasteiger partial charge in [-0.25, -0.2) is 0 Å². The molecule has 1 amide bonds. The first-order chi connectivity index (χ1) is 14.6. The second kappa shape index (κ2) is 7.15. The third-order valence-electron chi connectivity index (χ3n) is 5.75. The van der Waals surface area contributed by atoms with Crippen molar-refractivity contribution in [1.82, 2.24) is 5.32 Å². The number of fused-ring (bicyclic) bond motifs is 4. The lowest BCUT2D eigenvalue weighted by atomic mass is 9.78. The van der Waals surface area contributed by atoms with Gasteiger partial charge in [-0.15, -0.1) is 0 Å². The van der Waals surface area contributed by atoms with E-state index in [0.717, 1.165) is 22.7 Å². The van der Waals surface area contributed by atoms with E-state index in [0.29, 0.717) is 5.11 Å². The fourth-order valence-corrected chi connectivity index (χ4v) is 4.85. The molecule has 2 bridgehead atoms. The van der Waals surface area contributed by atoms with E-state index in [1.165, 1.54) is 0 Å². The van der Waals surface area contributed by atoms with Gasteiger partial charge >= 0.3 is 0 Å². The largest absolute Gasteiger partial charge is 0.467 e. The van der Waals surface area contributed by atoms with Crippen LogP contribution in [0, 0.1) is 5.92 Å². The molecule has 150 valence electrons. The highest BCUT2D eigenvalue weighted by Gasteiger charge is 2.59. The number of nitrogens with one attached hydrogen (secondary N) is 2. The Bertz CT molecular complexity index is 1110. The Balaban J connectivity index is 1.63. The summed E-state index contributed by atoms with van der Waals surface area (Å²) >= 11 is 5.74. The van der Waals surface area contributed by atoms with E-state index in [1.807, 2.05) is 96.8 Å². The standard InChI is InChI=1S/C24H21N3O2S/c1-24-20(22(28)25-16-10-4-2-5-11-16)21(18-14-8-9-15-19(18)29-24)26-23(30)27(24)17-12-6-3-7-13-17/h2-15,20-21H,1H3,(H,25,28)(H,26,30)/t20-,21+,24+/m1/s1. The van der Waals surface area contributed by atoms with E-state index in [-0.39, 0.29) is 11.9 Å². The number of para-hydroxylation sites is 3. The van der Waals surface area contributed by atoms with Gasteiger partial charge in [0.2, 0.25) is 5.91 Å². The van der Waals surface area contributed by atoms with Gasteiger partial charge in [-0.3, -0.25) is 9.69 Å². The minimum Gasteiger partial charge on any atom is -0.467 e. The van der Waals surface area contributed by atoms with Crippen molar-refractivity contribution < 1.29 is 9.53 Å². The zero-order valence-electron chi connectivity index (χ0n) is 16.4. The molecule has 3 atom stereocenters. The van der Waals surface area contributed by atoms with Crippen LogP contribution in [-0.2, 0) is 4.79 Å². The Hall–Kier alpha value is -3.38. The molecule has 3 aromatic carbocycles. The number of thiocarbonyl (C=S) groups is 1. The molecule has 0 aromatic heterocycles. The molecular formula is C24H21N3O2S. The van der Waals surface area contributed by atoms with Gasteiger partial charge in [-0.05, 0) is 49.5 Å². The minimum absolute atomic E-state index is 0.126. The first-order valence-corrected chi connectivity index (χ1v) is 10.3. The fraction of sp³-hybridized carbons (Fsp3) is 0.167. The number of carbonyl (C=O) groups is 1. The molecule has 5 nitrogen and oxygen atoms in total. The molecule has 0 spiro atoms. The van der Waals surface area contributed by atoms with E-state index in [4.69, 9.17) is 17.0 Å². The lowest BCUT2D eigenvalue weighted by Gasteiger charge is -2.56. The maximum Gasteiger partial charge on any atom is 0.236 e. The topological polar surface area (TPSA) is 53.6 Å². The van der Waals surface area contributed by atoms with E-state index >= 15 is 0 Å². The molecule has 2 aliphatic rings. The first kappa shape index (κ1) is 18.6. The summed E-state index contributed by atoms with van der Waals surface area (Å²) in [5, 5.41) is 7.00. The summed E-state index contributed by atoms with van der Waals surface area (Å²) in [6, 6.07) is 26.8. The number of hydrogen-bond donors (Lipinski definition) is 2. The number of rotatable bonds is 3. The molecule has 30 heavy (non-hydrogen) atoms. The summed E-state index contributed by atoms with van der Waals surface area (Å²) in [6.07, 6.45) is 0. The molecule has 2 heterocycles. The average Bonchev–Trinajstić information content (AvgIpc) is 2.74. The lowest BCUT2D eigenvalue weighted by Crippen LogP contribution is -2.72. The fourth-order valence-electron chi connectivity index (χ4n) is 4.44. The Labute approximate surface area is 180 Å². The second-order valence-electron chi connectivity index (χ2n) is 7.63. The molecule has 0 aliphatic carbocycles. The monoisotopic (exact) mass is 415 g/mol. The van der Waals surface area contributed by atoms with Gasteiger partial charge in [0.25, 0.3) is 0 Å². The third kappa shape index (κ3) is 2.92. The smallest absolute Gasteiger partial charge is 0.236 e. The normalized spacial score (nSPS) is 24.3. The van der Waals surface area contributed by atoms with Crippen molar-refractivity contribution in [2.75, 3.05) is 10.2 Å². The maximum absolute atomic E-state index is 13.6. The van der Waals surface area contributed by atoms with Crippen molar-refractivity contribution in [3.8, 4) is 5.75 Å². The van der Waals surface area contributed by atoms with Crippen molar-refractivity contribution in [3.63, 3.8) is 0 Å². The summed E-state index contributed by atoms with van der Waals surface area (Å²) in [6.45, 7) is 1.94. The molecule has 2 aliphatic heterocycles. The Kier molecular flexibility index (Phi) is 4.44. The van der Waals surface area contributed by atoms with Crippen LogP contribution >= 0.6 is 12.2 Å². The molecule has 0 unspecified atom stereocenters. The highest BCUT2D eigenvalue weighted by atomic mass is 32.1. The lowest BCUT2D eigenvalue weighted by molar-refractivity contribution is -0.130. The second-order valence-corrected chi connectivity index (χ2v) is 8.01. The van der Waals surface area contributed by atoms with E-state index < -0.39 is 11.6 Å². The van der Waals surface area contributed by atoms with E-state index in [2.05, 4.69) is 10.6 Å². The number of carbonyl (C=O) groups excluding carboxylic acids is 1. The van der Waals surface area contributed by atoms with Crippen molar-refractivity contribution >= 4 is 34.6 Å². The van der Waals surface area contributed by atoms with Crippen molar-refractivity contribution in [3.05, 3.63) is 90.5 Å². The quantitative estimate of drug-likeness (QED) is 0.618. The molecule has 6 heteroatoms. The van der Waals surface area contributed by atoms with Crippen molar-refractivity contribution in [1.29, 1.82) is 0 Å². The predicted octanol–water partition coefficient (Wildman–Crippen LogP) is 4.49. The average molecular weight is 416 g/mol. The van der Waals surface area contributed by atoms with Crippen molar-refractivity contribution in [2.45, 2.75) is 18.7 Å². The van der Waals surface area contributed by atoms with Crippen LogP contribution in [0.2, 0.25) is 0 Å².